The fraction of sp³-hybridized carbons (Fsp3) is 0.0345. The molecule has 0 spiro atoms. The molecule has 5 heteroatoms. The van der Waals surface area contributed by atoms with Crippen LogP contribution in [0.1, 0.15) is 11.1 Å². The van der Waals surface area contributed by atoms with Crippen molar-refractivity contribution in [1.29, 1.82) is 0 Å². The molecule has 63 heavy (non-hydrogen) atoms. The van der Waals surface area contributed by atoms with Crippen LogP contribution >= 0.6 is 0 Å². The molecule has 0 bridgehead atoms. The van der Waals surface area contributed by atoms with Crippen molar-refractivity contribution in [2.45, 2.75) is 6.92 Å². The van der Waals surface area contributed by atoms with E-state index in [1.54, 1.807) is 0 Å². The zero-order valence-electron chi connectivity index (χ0n) is 34.3. The van der Waals surface area contributed by atoms with Gasteiger partial charge in [0.25, 0.3) is 0 Å². The van der Waals surface area contributed by atoms with Crippen molar-refractivity contribution < 1.29 is 4.39 Å². The minimum absolute atomic E-state index is 0.740. The second-order valence-electron chi connectivity index (χ2n) is 16.3. The monoisotopic (exact) mass is 808 g/mol. The van der Waals surface area contributed by atoms with E-state index in [4.69, 9.17) is 0 Å². The number of para-hydroxylation sites is 8. The average molecular weight is 809 g/mol. The second-order valence-corrected chi connectivity index (χ2v) is 16.3. The molecule has 9 aromatic carbocycles. The molecule has 0 atom stereocenters. The van der Waals surface area contributed by atoms with Gasteiger partial charge in [-0.2, -0.15) is 0 Å². The number of hydrogen-bond acceptors (Lipinski definition) is 0. The van der Waals surface area contributed by atoms with Gasteiger partial charge >= 0.3 is 0 Å². The normalized spacial score (nSPS) is 11.9. The van der Waals surface area contributed by atoms with Crippen LogP contribution in [0.5, 0.6) is 0 Å². The van der Waals surface area contributed by atoms with Crippen LogP contribution in [0, 0.1) is 18.8 Å². The Labute approximate surface area is 361 Å². The molecule has 4 nitrogen and oxygen atoms in total. The van der Waals surface area contributed by atoms with Crippen LogP contribution in [-0.2, 0) is 0 Å². The van der Waals surface area contributed by atoms with Gasteiger partial charge in [0.15, 0.2) is 6.67 Å². The van der Waals surface area contributed by atoms with Gasteiger partial charge in [0.05, 0.1) is 72.4 Å². The summed E-state index contributed by atoms with van der Waals surface area (Å²) in [6, 6.07) is 69.3. The summed E-state index contributed by atoms with van der Waals surface area (Å²) >= 11 is 0. The highest BCUT2D eigenvalue weighted by atomic mass is 19.1. The van der Waals surface area contributed by atoms with Gasteiger partial charge in [-0.25, -0.2) is 4.39 Å². The highest BCUT2D eigenvalue weighted by Crippen LogP contribution is 2.48. The molecule has 0 amide bonds. The summed E-state index contributed by atoms with van der Waals surface area (Å²) in [6.45, 7) is 1.45. The predicted molar refractivity (Wildman–Crippen MR) is 261 cm³/mol. The lowest BCUT2D eigenvalue weighted by atomic mass is 9.98. The topological polar surface area (TPSA) is 19.7 Å². The quantitative estimate of drug-likeness (QED) is 0.158. The highest BCUT2D eigenvalue weighted by Gasteiger charge is 2.32. The third kappa shape index (κ3) is 4.86. The number of aromatic nitrogens is 4. The van der Waals surface area contributed by atoms with Crippen molar-refractivity contribution >= 4 is 87.2 Å². The molecule has 0 fully saturated rings. The molecule has 4 aromatic heterocycles. The minimum atomic E-state index is -0.794. The number of hydrogen-bond donors (Lipinski definition) is 0. The number of alkyl halides is 1. The summed E-state index contributed by atoms with van der Waals surface area (Å²) < 4.78 is 24.7. The van der Waals surface area contributed by atoms with Crippen LogP contribution in [-0.4, -0.2) is 24.9 Å². The molecule has 0 aliphatic heterocycles. The Morgan fingerprint density at radius 2 is 0.556 bits per heavy atom. The summed E-state index contributed by atoms with van der Waals surface area (Å²) in [5.41, 5.74) is 14.0. The summed E-state index contributed by atoms with van der Waals surface area (Å²) in [5, 5.41) is 9.16. The van der Waals surface area contributed by atoms with Gasteiger partial charge in [-0.15, -0.1) is 0 Å². The first-order valence-electron chi connectivity index (χ1n) is 21.4. The zero-order valence-corrected chi connectivity index (χ0v) is 34.3. The molecule has 13 rings (SSSR count). The fourth-order valence-corrected chi connectivity index (χ4v) is 10.7. The largest absolute Gasteiger partial charge is 0.308 e. The Kier molecular flexibility index (Phi) is 7.64. The fourth-order valence-electron chi connectivity index (χ4n) is 10.7. The molecule has 0 radical (unpaired) electrons. The first-order valence-corrected chi connectivity index (χ1v) is 21.4. The van der Waals surface area contributed by atoms with Crippen LogP contribution in [0.25, 0.3) is 110 Å². The van der Waals surface area contributed by atoms with E-state index in [0.717, 1.165) is 110 Å². The van der Waals surface area contributed by atoms with Crippen molar-refractivity contribution in [1.82, 2.24) is 18.3 Å². The average Bonchev–Trinajstić information content (AvgIpc) is 4.06. The lowest BCUT2D eigenvalue weighted by Gasteiger charge is -2.28. The van der Waals surface area contributed by atoms with Crippen LogP contribution in [0.3, 0.4) is 0 Å². The van der Waals surface area contributed by atoms with Gasteiger partial charge in [0.1, 0.15) is 0 Å². The van der Waals surface area contributed by atoms with Gasteiger partial charge in [-0.3, -0.25) is 0 Å². The lowest BCUT2D eigenvalue weighted by Crippen LogP contribution is -2.16. The molecule has 13 aromatic rings. The Hall–Kier alpha value is -8.33. The maximum Gasteiger partial charge on any atom is 0.150 e. The van der Waals surface area contributed by atoms with Crippen molar-refractivity contribution in [3.8, 4) is 34.6 Å². The smallest absolute Gasteiger partial charge is 0.150 e. The SMILES string of the molecule is Cc1c(-n2c3ccccc3c3ccccc32)c(C#CCF)c(-n2c3ccccc3c3ccccc32)c(-n2c3ccccc3c3ccccc32)c1-n1c2ccccc2c2ccccc21. The second kappa shape index (κ2) is 13.6. The van der Waals surface area contributed by atoms with Gasteiger partial charge in [0.2, 0.25) is 0 Å². The molecule has 0 saturated heterocycles. The van der Waals surface area contributed by atoms with E-state index in [9.17, 15) is 4.39 Å². The first kappa shape index (κ1) is 35.4. The summed E-state index contributed by atoms with van der Waals surface area (Å²) in [4.78, 5) is 0. The van der Waals surface area contributed by atoms with Gasteiger partial charge in [-0.05, 0) is 55.5 Å². The van der Waals surface area contributed by atoms with Gasteiger partial charge in [0, 0.05) is 48.7 Å². The van der Waals surface area contributed by atoms with E-state index in [2.05, 4.69) is 231 Å². The van der Waals surface area contributed by atoms with E-state index in [1.807, 2.05) is 0 Å². The van der Waals surface area contributed by atoms with Crippen molar-refractivity contribution in [3.63, 3.8) is 0 Å². The Morgan fingerprint density at radius 3 is 0.841 bits per heavy atom. The van der Waals surface area contributed by atoms with E-state index in [-0.39, 0.29) is 0 Å². The molecule has 0 unspecified atom stereocenters. The molecule has 0 aliphatic carbocycles. The summed E-state index contributed by atoms with van der Waals surface area (Å²) in [6.07, 6.45) is 0. The predicted octanol–water partition coefficient (Wildman–Crippen LogP) is 14.7. The molecule has 0 aliphatic rings. The molecule has 0 saturated carbocycles. The molecule has 0 N–H and O–H groups in total. The van der Waals surface area contributed by atoms with Crippen LogP contribution in [0.15, 0.2) is 194 Å². The Morgan fingerprint density at radius 1 is 0.317 bits per heavy atom. The van der Waals surface area contributed by atoms with Crippen LogP contribution in [0.2, 0.25) is 0 Å². The standard InChI is InChI=1S/C58H37FN4/c1-37-55(60-47-28-10-2-19-38(47)39-20-3-11-29-48(39)60)46(27-18-36-59)57(62-51-32-14-6-23-42(51)43-24-7-15-33-52(43)62)58(63-53-34-16-8-25-44(53)45-26-9-17-35-54(45)63)56(37)61-49-30-12-4-21-40(49)41-22-5-13-31-50(41)61/h2-17,19-26,28-35H,36H2,1H3. The number of fused-ring (bicyclic) bond motifs is 12. The highest BCUT2D eigenvalue weighted by molar-refractivity contribution is 6.15. The number of nitrogens with zero attached hydrogens (tertiary/aromatic N) is 4. The van der Waals surface area contributed by atoms with Crippen LogP contribution < -0.4 is 0 Å². The Bertz CT molecular complexity index is 3890. The maximum atomic E-state index is 15.0. The Balaban J connectivity index is 1.40. The van der Waals surface area contributed by atoms with E-state index in [1.165, 1.54) is 10.8 Å². The van der Waals surface area contributed by atoms with Crippen LogP contribution in [0.4, 0.5) is 4.39 Å². The van der Waals surface area contributed by atoms with Gasteiger partial charge in [-0.1, -0.05) is 157 Å². The molecular weight excluding hydrogens is 772 g/mol. The third-order valence-electron chi connectivity index (χ3n) is 13.1. The van der Waals surface area contributed by atoms with Crippen molar-refractivity contribution in [3.05, 3.63) is 205 Å². The third-order valence-corrected chi connectivity index (χ3v) is 13.1. The van der Waals surface area contributed by atoms with E-state index >= 15 is 0 Å². The van der Waals surface area contributed by atoms with E-state index < -0.39 is 6.67 Å². The molecule has 4 heterocycles. The molecule has 296 valence electrons. The zero-order chi connectivity index (χ0) is 41.8. The summed E-state index contributed by atoms with van der Waals surface area (Å²) in [7, 11) is 0. The van der Waals surface area contributed by atoms with Crippen molar-refractivity contribution in [2.24, 2.45) is 0 Å². The first-order chi connectivity index (χ1) is 31.2. The van der Waals surface area contributed by atoms with E-state index in [0.29, 0.717) is 0 Å². The van der Waals surface area contributed by atoms with Gasteiger partial charge < -0.3 is 18.3 Å². The molecular formula is C58H37FN4. The van der Waals surface area contributed by atoms with Crippen molar-refractivity contribution in [2.75, 3.05) is 6.67 Å². The number of rotatable bonds is 4. The minimum Gasteiger partial charge on any atom is -0.308 e. The number of benzene rings is 9. The number of halogens is 1. The lowest BCUT2D eigenvalue weighted by molar-refractivity contribution is 0.573. The summed E-state index contributed by atoms with van der Waals surface area (Å²) in [5.74, 6) is 6.55. The maximum absolute atomic E-state index is 15.0.